The molecule has 21 heavy (non-hydrogen) atoms. The van der Waals surface area contributed by atoms with Crippen LogP contribution in [-0.2, 0) is 11.3 Å². The van der Waals surface area contributed by atoms with E-state index < -0.39 is 5.60 Å². The standard InChI is InChI=1S/C18H19NO2/c1-18(2)16(15-11-7-4-8-12-15)19(17(20)21-18)13-14-9-5-3-6-10-14/h3-12,16H,13H2,1-2H3/t16-/m1/s1. The minimum atomic E-state index is -0.535. The fourth-order valence-corrected chi connectivity index (χ4v) is 2.97. The number of amides is 1. The number of hydrogen-bond acceptors (Lipinski definition) is 2. The van der Waals surface area contributed by atoms with Gasteiger partial charge in [0.15, 0.2) is 0 Å². The highest BCUT2D eigenvalue weighted by Gasteiger charge is 2.48. The molecule has 108 valence electrons. The third kappa shape index (κ3) is 2.64. The van der Waals surface area contributed by atoms with Crippen molar-refractivity contribution in [1.82, 2.24) is 4.90 Å². The molecule has 3 rings (SSSR count). The van der Waals surface area contributed by atoms with Crippen LogP contribution in [0.25, 0.3) is 0 Å². The van der Waals surface area contributed by atoms with Gasteiger partial charge in [-0.3, -0.25) is 4.90 Å². The molecule has 1 saturated heterocycles. The third-order valence-electron chi connectivity index (χ3n) is 3.87. The highest BCUT2D eigenvalue weighted by Crippen LogP contribution is 2.41. The number of ether oxygens (including phenoxy) is 1. The fraction of sp³-hybridized carbons (Fsp3) is 0.278. The van der Waals surface area contributed by atoms with Gasteiger partial charge in [0, 0.05) is 6.54 Å². The Morgan fingerprint density at radius 3 is 2.19 bits per heavy atom. The zero-order valence-electron chi connectivity index (χ0n) is 12.3. The number of hydrogen-bond donors (Lipinski definition) is 0. The molecule has 1 fully saturated rings. The molecule has 0 radical (unpaired) electrons. The van der Waals surface area contributed by atoms with E-state index in [1.54, 1.807) is 0 Å². The van der Waals surface area contributed by atoms with E-state index in [1.165, 1.54) is 0 Å². The van der Waals surface area contributed by atoms with Gasteiger partial charge in [-0.25, -0.2) is 4.79 Å². The summed E-state index contributed by atoms with van der Waals surface area (Å²) in [4.78, 5) is 14.1. The summed E-state index contributed by atoms with van der Waals surface area (Å²) in [6, 6.07) is 20.0. The Morgan fingerprint density at radius 2 is 1.57 bits per heavy atom. The van der Waals surface area contributed by atoms with Gasteiger partial charge in [-0.1, -0.05) is 60.7 Å². The van der Waals surface area contributed by atoms with Crippen LogP contribution in [0.3, 0.4) is 0 Å². The van der Waals surface area contributed by atoms with E-state index in [9.17, 15) is 4.79 Å². The van der Waals surface area contributed by atoms with Crippen LogP contribution in [0.1, 0.15) is 31.0 Å². The van der Waals surface area contributed by atoms with Crippen LogP contribution < -0.4 is 0 Å². The van der Waals surface area contributed by atoms with Gasteiger partial charge in [0.2, 0.25) is 0 Å². The number of carbonyl (C=O) groups is 1. The van der Waals surface area contributed by atoms with E-state index in [4.69, 9.17) is 4.74 Å². The SMILES string of the molecule is CC1(C)OC(=O)N(Cc2ccccc2)[C@@H]1c1ccccc1. The van der Waals surface area contributed by atoms with Crippen molar-refractivity contribution in [2.24, 2.45) is 0 Å². The molecular weight excluding hydrogens is 262 g/mol. The number of rotatable bonds is 3. The molecule has 0 aromatic heterocycles. The number of nitrogens with zero attached hydrogens (tertiary/aromatic N) is 1. The van der Waals surface area contributed by atoms with Crippen molar-refractivity contribution in [1.29, 1.82) is 0 Å². The second-order valence-electron chi connectivity index (χ2n) is 5.90. The minimum absolute atomic E-state index is 0.0774. The molecule has 0 N–H and O–H groups in total. The Hall–Kier alpha value is -2.29. The molecule has 1 atom stereocenters. The second kappa shape index (κ2) is 5.24. The van der Waals surface area contributed by atoms with Gasteiger partial charge in [-0.05, 0) is 25.0 Å². The molecule has 1 aliphatic rings. The molecule has 1 heterocycles. The highest BCUT2D eigenvalue weighted by atomic mass is 16.6. The van der Waals surface area contributed by atoms with Crippen molar-refractivity contribution < 1.29 is 9.53 Å². The monoisotopic (exact) mass is 281 g/mol. The molecule has 0 bridgehead atoms. The lowest BCUT2D eigenvalue weighted by molar-refractivity contribution is 0.0674. The summed E-state index contributed by atoms with van der Waals surface area (Å²) in [6.45, 7) is 4.49. The first kappa shape index (κ1) is 13.7. The minimum Gasteiger partial charge on any atom is -0.441 e. The maximum atomic E-state index is 12.3. The summed E-state index contributed by atoms with van der Waals surface area (Å²) in [6.07, 6.45) is -0.252. The third-order valence-corrected chi connectivity index (χ3v) is 3.87. The number of carbonyl (C=O) groups excluding carboxylic acids is 1. The summed E-state index contributed by atoms with van der Waals surface area (Å²) >= 11 is 0. The van der Waals surface area contributed by atoms with Crippen molar-refractivity contribution in [3.05, 3.63) is 71.8 Å². The molecular formula is C18H19NO2. The molecule has 3 nitrogen and oxygen atoms in total. The smallest absolute Gasteiger partial charge is 0.411 e. The second-order valence-corrected chi connectivity index (χ2v) is 5.90. The Bertz CT molecular complexity index is 622. The van der Waals surface area contributed by atoms with Gasteiger partial charge < -0.3 is 4.74 Å². The molecule has 2 aromatic rings. The van der Waals surface area contributed by atoms with Gasteiger partial charge in [-0.2, -0.15) is 0 Å². The highest BCUT2D eigenvalue weighted by molar-refractivity contribution is 5.72. The van der Waals surface area contributed by atoms with E-state index in [-0.39, 0.29) is 12.1 Å². The molecule has 2 aromatic carbocycles. The zero-order valence-corrected chi connectivity index (χ0v) is 12.3. The predicted octanol–water partition coefficient (Wildman–Crippen LogP) is 4.16. The van der Waals surface area contributed by atoms with Crippen LogP contribution in [0.5, 0.6) is 0 Å². The van der Waals surface area contributed by atoms with E-state index in [1.807, 2.05) is 79.4 Å². The first-order chi connectivity index (χ1) is 10.1. The van der Waals surface area contributed by atoms with E-state index in [0.717, 1.165) is 11.1 Å². The summed E-state index contributed by atoms with van der Waals surface area (Å²) in [5.41, 5.74) is 1.67. The van der Waals surface area contributed by atoms with Crippen LogP contribution in [-0.4, -0.2) is 16.6 Å². The summed E-state index contributed by atoms with van der Waals surface area (Å²) in [5.74, 6) is 0. The van der Waals surface area contributed by atoms with Gasteiger partial charge in [0.25, 0.3) is 0 Å². The van der Waals surface area contributed by atoms with Crippen molar-refractivity contribution in [3.63, 3.8) is 0 Å². The predicted molar refractivity (Wildman–Crippen MR) is 81.7 cm³/mol. The molecule has 3 heteroatoms. The van der Waals surface area contributed by atoms with Gasteiger partial charge >= 0.3 is 6.09 Å². The maximum absolute atomic E-state index is 12.3. The first-order valence-corrected chi connectivity index (χ1v) is 7.16. The van der Waals surface area contributed by atoms with Gasteiger partial charge in [0.1, 0.15) is 5.60 Å². The van der Waals surface area contributed by atoms with Crippen molar-refractivity contribution in [3.8, 4) is 0 Å². The van der Waals surface area contributed by atoms with Crippen molar-refractivity contribution >= 4 is 6.09 Å². The summed E-state index contributed by atoms with van der Waals surface area (Å²) in [5, 5.41) is 0. The Balaban J connectivity index is 1.95. The van der Waals surface area contributed by atoms with Crippen LogP contribution in [0, 0.1) is 0 Å². The Kier molecular flexibility index (Phi) is 3.42. The van der Waals surface area contributed by atoms with Crippen LogP contribution in [0.4, 0.5) is 4.79 Å². The lowest BCUT2D eigenvalue weighted by Crippen LogP contribution is -2.33. The Labute approximate surface area is 125 Å². The molecule has 0 spiro atoms. The maximum Gasteiger partial charge on any atom is 0.411 e. The zero-order chi connectivity index (χ0) is 14.9. The summed E-state index contributed by atoms with van der Waals surface area (Å²) in [7, 11) is 0. The average molecular weight is 281 g/mol. The largest absolute Gasteiger partial charge is 0.441 e. The van der Waals surface area contributed by atoms with Gasteiger partial charge in [-0.15, -0.1) is 0 Å². The van der Waals surface area contributed by atoms with Crippen molar-refractivity contribution in [2.45, 2.75) is 32.0 Å². The molecule has 0 aliphatic carbocycles. The average Bonchev–Trinajstić information content (AvgIpc) is 2.70. The van der Waals surface area contributed by atoms with Crippen LogP contribution in [0.15, 0.2) is 60.7 Å². The summed E-state index contributed by atoms with van der Waals surface area (Å²) < 4.78 is 5.59. The van der Waals surface area contributed by atoms with E-state index >= 15 is 0 Å². The van der Waals surface area contributed by atoms with E-state index in [0.29, 0.717) is 6.54 Å². The van der Waals surface area contributed by atoms with Crippen molar-refractivity contribution in [2.75, 3.05) is 0 Å². The lowest BCUT2D eigenvalue weighted by atomic mass is 9.91. The van der Waals surface area contributed by atoms with Crippen LogP contribution in [0.2, 0.25) is 0 Å². The van der Waals surface area contributed by atoms with E-state index in [2.05, 4.69) is 0 Å². The Morgan fingerprint density at radius 1 is 1.00 bits per heavy atom. The lowest BCUT2D eigenvalue weighted by Gasteiger charge is -2.29. The molecule has 0 saturated carbocycles. The quantitative estimate of drug-likeness (QED) is 0.845. The number of benzene rings is 2. The first-order valence-electron chi connectivity index (χ1n) is 7.16. The van der Waals surface area contributed by atoms with Gasteiger partial charge in [0.05, 0.1) is 6.04 Å². The number of cyclic esters (lactones) is 1. The topological polar surface area (TPSA) is 29.5 Å². The fourth-order valence-electron chi connectivity index (χ4n) is 2.97. The molecule has 1 aliphatic heterocycles. The normalized spacial score (nSPS) is 20.4. The van der Waals surface area contributed by atoms with Crippen LogP contribution >= 0.6 is 0 Å². The molecule has 1 amide bonds. The molecule has 0 unspecified atom stereocenters.